The van der Waals surface area contributed by atoms with Gasteiger partial charge in [-0.1, -0.05) is 43.1 Å². The van der Waals surface area contributed by atoms with Crippen LogP contribution >= 0.6 is 23.2 Å². The van der Waals surface area contributed by atoms with Crippen molar-refractivity contribution in [3.05, 3.63) is 46.4 Å². The number of halogens is 2. The van der Waals surface area contributed by atoms with E-state index < -0.39 is 0 Å². The van der Waals surface area contributed by atoms with Crippen LogP contribution in [-0.4, -0.2) is 15.9 Å². The van der Waals surface area contributed by atoms with Crippen molar-refractivity contribution < 1.29 is 4.79 Å². The highest BCUT2D eigenvalue weighted by Crippen LogP contribution is 2.34. The number of imidazole rings is 1. The van der Waals surface area contributed by atoms with Gasteiger partial charge in [-0.15, -0.1) is 0 Å². The Morgan fingerprint density at radius 1 is 1.21 bits per heavy atom. The van der Waals surface area contributed by atoms with Gasteiger partial charge in [0.25, 0.3) is 0 Å². The molecule has 3 aromatic rings. The summed E-state index contributed by atoms with van der Waals surface area (Å²) in [6, 6.07) is 10.9. The molecule has 0 fully saturated rings. The molecule has 0 aliphatic carbocycles. The average molecular weight is 362 g/mol. The van der Waals surface area contributed by atoms with E-state index in [0.29, 0.717) is 33.8 Å². The Morgan fingerprint density at radius 3 is 2.58 bits per heavy atom. The molecule has 0 aliphatic heterocycles. The largest absolute Gasteiger partial charge is 0.338 e. The third-order valence-electron chi connectivity index (χ3n) is 3.56. The van der Waals surface area contributed by atoms with Crippen LogP contribution in [0.15, 0.2) is 36.4 Å². The van der Waals surface area contributed by atoms with Gasteiger partial charge in [0.2, 0.25) is 5.91 Å². The number of benzene rings is 2. The second-order valence-electron chi connectivity index (χ2n) is 6.06. The molecule has 2 aromatic carbocycles. The maximum Gasteiger partial charge on any atom is 0.224 e. The van der Waals surface area contributed by atoms with E-state index in [2.05, 4.69) is 15.3 Å². The number of rotatable bonds is 4. The third-order valence-corrected chi connectivity index (χ3v) is 4.19. The van der Waals surface area contributed by atoms with Crippen LogP contribution in [0.4, 0.5) is 5.69 Å². The summed E-state index contributed by atoms with van der Waals surface area (Å²) < 4.78 is 0. The summed E-state index contributed by atoms with van der Waals surface area (Å²) in [5, 5.41) is 3.97. The number of hydrogen-bond acceptors (Lipinski definition) is 2. The molecule has 24 heavy (non-hydrogen) atoms. The van der Waals surface area contributed by atoms with Crippen molar-refractivity contribution in [3.63, 3.8) is 0 Å². The Balaban J connectivity index is 1.93. The molecule has 124 valence electrons. The quantitative estimate of drug-likeness (QED) is 0.642. The van der Waals surface area contributed by atoms with Gasteiger partial charge in [-0.25, -0.2) is 4.98 Å². The maximum atomic E-state index is 11.9. The number of H-pyrrole nitrogens is 1. The normalized spacial score (nSPS) is 11.2. The molecule has 0 saturated heterocycles. The Morgan fingerprint density at radius 2 is 1.92 bits per heavy atom. The smallest absolute Gasteiger partial charge is 0.224 e. The summed E-state index contributed by atoms with van der Waals surface area (Å²) in [4.78, 5) is 19.7. The zero-order valence-electron chi connectivity index (χ0n) is 13.4. The van der Waals surface area contributed by atoms with Crippen LogP contribution in [0.25, 0.3) is 22.4 Å². The van der Waals surface area contributed by atoms with Crippen LogP contribution in [0.5, 0.6) is 0 Å². The molecule has 0 unspecified atom stereocenters. The van der Waals surface area contributed by atoms with Gasteiger partial charge in [0.1, 0.15) is 5.82 Å². The number of aromatic amines is 1. The van der Waals surface area contributed by atoms with E-state index in [1.807, 2.05) is 32.0 Å². The Labute approximate surface area is 150 Å². The summed E-state index contributed by atoms with van der Waals surface area (Å²) in [5.74, 6) is 0.916. The van der Waals surface area contributed by atoms with Gasteiger partial charge < -0.3 is 10.3 Å². The third kappa shape index (κ3) is 3.55. The van der Waals surface area contributed by atoms with E-state index in [1.54, 1.807) is 18.2 Å². The Hall–Kier alpha value is -2.04. The van der Waals surface area contributed by atoms with Crippen molar-refractivity contribution in [2.75, 3.05) is 5.32 Å². The van der Waals surface area contributed by atoms with Gasteiger partial charge in [0.15, 0.2) is 0 Å². The van der Waals surface area contributed by atoms with Gasteiger partial charge in [-0.05, 0) is 36.2 Å². The summed E-state index contributed by atoms with van der Waals surface area (Å²) in [5.41, 5.74) is 2.99. The van der Waals surface area contributed by atoms with E-state index in [-0.39, 0.29) is 5.91 Å². The Bertz CT molecular complexity index is 882. The highest BCUT2D eigenvalue weighted by molar-refractivity contribution is 6.39. The molecule has 6 heteroatoms. The van der Waals surface area contributed by atoms with E-state index in [4.69, 9.17) is 23.2 Å². The molecule has 0 atom stereocenters. The van der Waals surface area contributed by atoms with E-state index >= 15 is 0 Å². The van der Waals surface area contributed by atoms with Crippen molar-refractivity contribution in [1.29, 1.82) is 0 Å². The molecule has 0 aliphatic rings. The molecule has 1 aromatic heterocycles. The van der Waals surface area contributed by atoms with Crippen LogP contribution < -0.4 is 5.32 Å². The average Bonchev–Trinajstić information content (AvgIpc) is 2.88. The van der Waals surface area contributed by atoms with E-state index in [1.165, 1.54) is 0 Å². The standard InChI is InChI=1S/C18H17Cl2N3O/c1-10(2)8-16(24)21-11-6-7-14-15(9-11)23-18(22-14)17-12(19)4-3-5-13(17)20/h3-7,9-10H,8H2,1-2H3,(H,21,24)(H,22,23). The first-order valence-corrected chi connectivity index (χ1v) is 8.43. The van der Waals surface area contributed by atoms with Crippen molar-refractivity contribution in [3.8, 4) is 11.4 Å². The lowest BCUT2D eigenvalue weighted by atomic mass is 10.1. The summed E-state index contributed by atoms with van der Waals surface area (Å²) in [6.45, 7) is 4.02. The lowest BCUT2D eigenvalue weighted by molar-refractivity contribution is -0.116. The minimum Gasteiger partial charge on any atom is -0.338 e. The first-order chi connectivity index (χ1) is 11.4. The number of anilines is 1. The van der Waals surface area contributed by atoms with Crippen molar-refractivity contribution in [2.45, 2.75) is 20.3 Å². The molecule has 1 heterocycles. The minimum absolute atomic E-state index is 0.00163. The van der Waals surface area contributed by atoms with Gasteiger partial charge >= 0.3 is 0 Å². The predicted octanol–water partition coefficient (Wildman–Crippen LogP) is 5.52. The van der Waals surface area contributed by atoms with Crippen LogP contribution in [0.3, 0.4) is 0 Å². The van der Waals surface area contributed by atoms with Crippen molar-refractivity contribution in [2.24, 2.45) is 5.92 Å². The second-order valence-corrected chi connectivity index (χ2v) is 6.87. The molecular weight excluding hydrogens is 345 g/mol. The highest BCUT2D eigenvalue weighted by Gasteiger charge is 2.13. The lowest BCUT2D eigenvalue weighted by Crippen LogP contribution is -2.13. The fraction of sp³-hybridized carbons (Fsp3) is 0.222. The van der Waals surface area contributed by atoms with E-state index in [0.717, 1.165) is 16.7 Å². The SMILES string of the molecule is CC(C)CC(=O)Nc1ccc2nc(-c3c(Cl)cccc3Cl)[nH]c2c1. The fourth-order valence-electron chi connectivity index (χ4n) is 2.51. The zero-order valence-corrected chi connectivity index (χ0v) is 14.9. The molecule has 0 saturated carbocycles. The summed E-state index contributed by atoms with van der Waals surface area (Å²) in [6.07, 6.45) is 0.488. The first-order valence-electron chi connectivity index (χ1n) is 7.68. The number of amides is 1. The summed E-state index contributed by atoms with van der Waals surface area (Å²) >= 11 is 12.5. The number of nitrogens with zero attached hydrogens (tertiary/aromatic N) is 1. The molecule has 0 radical (unpaired) electrons. The monoisotopic (exact) mass is 361 g/mol. The maximum absolute atomic E-state index is 11.9. The molecule has 4 nitrogen and oxygen atoms in total. The molecule has 1 amide bonds. The van der Waals surface area contributed by atoms with Crippen LogP contribution in [-0.2, 0) is 4.79 Å². The van der Waals surface area contributed by atoms with E-state index in [9.17, 15) is 4.79 Å². The number of carbonyl (C=O) groups is 1. The minimum atomic E-state index is -0.00163. The topological polar surface area (TPSA) is 57.8 Å². The molecule has 2 N–H and O–H groups in total. The van der Waals surface area contributed by atoms with Crippen LogP contribution in [0.1, 0.15) is 20.3 Å². The summed E-state index contributed by atoms with van der Waals surface area (Å²) in [7, 11) is 0. The molecular formula is C18H17Cl2N3O. The van der Waals surface area contributed by atoms with Gasteiger partial charge in [0, 0.05) is 12.1 Å². The van der Waals surface area contributed by atoms with Gasteiger partial charge in [-0.2, -0.15) is 0 Å². The van der Waals surface area contributed by atoms with Gasteiger partial charge in [-0.3, -0.25) is 4.79 Å². The molecule has 3 rings (SSSR count). The van der Waals surface area contributed by atoms with Crippen molar-refractivity contribution >= 4 is 45.8 Å². The van der Waals surface area contributed by atoms with Crippen molar-refractivity contribution in [1.82, 2.24) is 9.97 Å². The fourth-order valence-corrected chi connectivity index (χ4v) is 3.09. The number of hydrogen-bond donors (Lipinski definition) is 2. The predicted molar refractivity (Wildman–Crippen MR) is 99.6 cm³/mol. The van der Waals surface area contributed by atoms with Gasteiger partial charge in [0.05, 0.1) is 26.6 Å². The Kier molecular flexibility index (Phi) is 4.78. The number of aromatic nitrogens is 2. The lowest BCUT2D eigenvalue weighted by Gasteiger charge is -2.06. The van der Waals surface area contributed by atoms with Crippen LogP contribution in [0, 0.1) is 5.92 Å². The second kappa shape index (κ2) is 6.83. The highest BCUT2D eigenvalue weighted by atomic mass is 35.5. The molecule has 0 spiro atoms. The van der Waals surface area contributed by atoms with Crippen LogP contribution in [0.2, 0.25) is 10.0 Å². The number of nitrogens with one attached hydrogen (secondary N) is 2. The zero-order chi connectivity index (χ0) is 17.3. The molecule has 0 bridgehead atoms. The number of fused-ring (bicyclic) bond motifs is 1. The number of carbonyl (C=O) groups excluding carboxylic acids is 1. The first kappa shape index (κ1) is 16.8.